The predicted molar refractivity (Wildman–Crippen MR) is 63.2 cm³/mol. The molecule has 2 aromatic rings. The highest BCUT2D eigenvalue weighted by Crippen LogP contribution is 2.11. The minimum Gasteiger partial charge on any atom is -0.464 e. The minimum atomic E-state index is 0.183. The normalized spacial score (nSPS) is 10.4. The second-order valence-corrected chi connectivity index (χ2v) is 3.44. The Morgan fingerprint density at radius 3 is 2.56 bits per heavy atom. The van der Waals surface area contributed by atoms with Gasteiger partial charge in [0.15, 0.2) is 0 Å². The van der Waals surface area contributed by atoms with E-state index in [1.165, 1.54) is 4.68 Å². The van der Waals surface area contributed by atoms with Gasteiger partial charge in [-0.15, -0.1) is 5.10 Å². The Bertz CT molecular complexity index is 551. The first kappa shape index (κ1) is 12.2. The zero-order chi connectivity index (χ0) is 13.1. The number of hydrazine groups is 1. The summed E-state index contributed by atoms with van der Waals surface area (Å²) in [4.78, 5) is 16.4. The molecule has 2 aromatic heterocycles. The molecule has 0 saturated carbocycles. The number of hydrogen-bond donors (Lipinski definition) is 2. The van der Waals surface area contributed by atoms with Crippen LogP contribution in [0.15, 0.2) is 0 Å². The molecule has 0 aliphatic heterocycles. The summed E-state index contributed by atoms with van der Waals surface area (Å²) in [5.74, 6) is 7.11. The Hall–Kier alpha value is -2.29. The van der Waals surface area contributed by atoms with Gasteiger partial charge in [-0.05, 0) is 20.8 Å². The molecule has 0 unspecified atom stereocenters. The largest absolute Gasteiger partial charge is 0.464 e. The van der Waals surface area contributed by atoms with E-state index in [1.807, 2.05) is 6.92 Å². The molecule has 0 radical (unpaired) electrons. The highest BCUT2D eigenvalue weighted by Gasteiger charge is 2.12. The van der Waals surface area contributed by atoms with Gasteiger partial charge in [-0.3, -0.25) is 5.43 Å². The molecular formula is C9H14N8O. The van der Waals surface area contributed by atoms with Gasteiger partial charge < -0.3 is 4.74 Å². The molecule has 0 aliphatic rings. The van der Waals surface area contributed by atoms with Crippen molar-refractivity contribution in [2.45, 2.75) is 20.8 Å². The van der Waals surface area contributed by atoms with Crippen molar-refractivity contribution in [3.05, 3.63) is 11.6 Å². The third kappa shape index (κ3) is 2.35. The summed E-state index contributed by atoms with van der Waals surface area (Å²) in [5.41, 5.74) is 2.36. The Labute approximate surface area is 103 Å². The van der Waals surface area contributed by atoms with Crippen LogP contribution >= 0.6 is 0 Å². The quantitative estimate of drug-likeness (QED) is 0.563. The van der Waals surface area contributed by atoms with Gasteiger partial charge in [0.1, 0.15) is 11.6 Å². The molecule has 2 heterocycles. The van der Waals surface area contributed by atoms with Gasteiger partial charge in [0, 0.05) is 0 Å². The molecule has 3 N–H and O–H groups in total. The Morgan fingerprint density at radius 2 is 2.00 bits per heavy atom. The SMILES string of the molecule is CCOc1nc(NN)nc(-n2nc(C)nc2C)n1. The number of hydrogen-bond acceptors (Lipinski definition) is 8. The Morgan fingerprint density at radius 1 is 1.22 bits per heavy atom. The number of nitrogen functional groups attached to an aromatic ring is 1. The molecule has 9 nitrogen and oxygen atoms in total. The van der Waals surface area contributed by atoms with Crippen molar-refractivity contribution < 1.29 is 4.74 Å². The number of nitrogens with one attached hydrogen (secondary N) is 1. The summed E-state index contributed by atoms with van der Waals surface area (Å²) in [6.45, 7) is 5.88. The second-order valence-electron chi connectivity index (χ2n) is 3.44. The molecule has 0 atom stereocenters. The van der Waals surface area contributed by atoms with Crippen molar-refractivity contribution in [1.29, 1.82) is 0 Å². The summed E-state index contributed by atoms with van der Waals surface area (Å²) >= 11 is 0. The maximum atomic E-state index is 5.30. The zero-order valence-electron chi connectivity index (χ0n) is 10.4. The fraction of sp³-hybridized carbons (Fsp3) is 0.444. The summed E-state index contributed by atoms with van der Waals surface area (Å²) in [6.07, 6.45) is 0. The van der Waals surface area contributed by atoms with Crippen LogP contribution in [-0.4, -0.2) is 36.3 Å². The number of rotatable bonds is 4. The van der Waals surface area contributed by atoms with Crippen LogP contribution < -0.4 is 16.0 Å². The first-order valence-electron chi connectivity index (χ1n) is 5.40. The average molecular weight is 250 g/mol. The van der Waals surface area contributed by atoms with Gasteiger partial charge in [0.05, 0.1) is 6.61 Å². The summed E-state index contributed by atoms with van der Waals surface area (Å²) < 4.78 is 6.74. The number of anilines is 1. The molecule has 0 aliphatic carbocycles. The lowest BCUT2D eigenvalue weighted by Gasteiger charge is -2.06. The fourth-order valence-corrected chi connectivity index (χ4v) is 1.41. The topological polar surface area (TPSA) is 117 Å². The van der Waals surface area contributed by atoms with Crippen molar-refractivity contribution >= 4 is 5.95 Å². The molecule has 18 heavy (non-hydrogen) atoms. The van der Waals surface area contributed by atoms with E-state index in [2.05, 4.69) is 30.5 Å². The first-order valence-corrected chi connectivity index (χ1v) is 5.40. The van der Waals surface area contributed by atoms with Crippen LogP contribution in [0.5, 0.6) is 6.01 Å². The monoisotopic (exact) mass is 250 g/mol. The lowest BCUT2D eigenvalue weighted by molar-refractivity contribution is 0.311. The average Bonchev–Trinajstić information content (AvgIpc) is 2.68. The van der Waals surface area contributed by atoms with Crippen LogP contribution in [0.1, 0.15) is 18.6 Å². The van der Waals surface area contributed by atoms with E-state index < -0.39 is 0 Å². The number of aromatic nitrogens is 6. The lowest BCUT2D eigenvalue weighted by atomic mass is 10.7. The van der Waals surface area contributed by atoms with E-state index in [4.69, 9.17) is 10.6 Å². The first-order chi connectivity index (χ1) is 8.63. The lowest BCUT2D eigenvalue weighted by Crippen LogP contribution is -2.15. The molecule has 0 bridgehead atoms. The van der Waals surface area contributed by atoms with Crippen molar-refractivity contribution in [1.82, 2.24) is 29.7 Å². The molecule has 96 valence electrons. The van der Waals surface area contributed by atoms with Crippen LogP contribution in [0.25, 0.3) is 5.95 Å². The smallest absolute Gasteiger partial charge is 0.323 e. The van der Waals surface area contributed by atoms with E-state index in [9.17, 15) is 0 Å². The molecule has 0 fully saturated rings. The highest BCUT2D eigenvalue weighted by molar-refractivity contribution is 5.28. The molecule has 9 heteroatoms. The van der Waals surface area contributed by atoms with E-state index in [0.717, 1.165) is 0 Å². The summed E-state index contributed by atoms with van der Waals surface area (Å²) in [6, 6.07) is 0.183. The second kappa shape index (κ2) is 4.92. The predicted octanol–water partition coefficient (Wildman–Crippen LogP) is -0.247. The van der Waals surface area contributed by atoms with Gasteiger partial charge in [0.2, 0.25) is 5.95 Å². The Balaban J connectivity index is 2.49. The van der Waals surface area contributed by atoms with E-state index in [1.54, 1.807) is 13.8 Å². The van der Waals surface area contributed by atoms with Crippen molar-refractivity contribution in [3.8, 4) is 12.0 Å². The molecule has 0 spiro atoms. The third-order valence-electron chi connectivity index (χ3n) is 2.07. The number of nitrogens with zero attached hydrogens (tertiary/aromatic N) is 6. The number of aryl methyl sites for hydroxylation is 2. The molecule has 2 rings (SSSR count). The number of ether oxygens (including phenoxy) is 1. The van der Waals surface area contributed by atoms with E-state index >= 15 is 0 Å². The molecule has 0 saturated heterocycles. The van der Waals surface area contributed by atoms with E-state index in [-0.39, 0.29) is 12.0 Å². The van der Waals surface area contributed by atoms with Crippen LogP contribution in [0.2, 0.25) is 0 Å². The molecule has 0 aromatic carbocycles. The highest BCUT2D eigenvalue weighted by atomic mass is 16.5. The summed E-state index contributed by atoms with van der Waals surface area (Å²) in [5, 5.41) is 4.19. The van der Waals surface area contributed by atoms with Gasteiger partial charge in [-0.2, -0.15) is 19.6 Å². The van der Waals surface area contributed by atoms with Crippen LogP contribution in [-0.2, 0) is 0 Å². The maximum Gasteiger partial charge on any atom is 0.323 e. The van der Waals surface area contributed by atoms with Gasteiger partial charge >= 0.3 is 6.01 Å². The standard InChI is InChI=1S/C9H14N8O/c1-4-18-9-13-7(15-10)12-8(14-9)17-6(3)11-5(2)16-17/h4,10H2,1-3H3,(H,12,13,14,15). The maximum absolute atomic E-state index is 5.30. The van der Waals surface area contributed by atoms with Crippen LogP contribution in [0.4, 0.5) is 5.95 Å². The minimum absolute atomic E-state index is 0.183. The van der Waals surface area contributed by atoms with Crippen molar-refractivity contribution in [3.63, 3.8) is 0 Å². The van der Waals surface area contributed by atoms with Crippen molar-refractivity contribution in [2.24, 2.45) is 5.84 Å². The van der Waals surface area contributed by atoms with Crippen LogP contribution in [0, 0.1) is 13.8 Å². The third-order valence-corrected chi connectivity index (χ3v) is 2.07. The Kier molecular flexibility index (Phi) is 3.33. The van der Waals surface area contributed by atoms with Gasteiger partial charge in [0.25, 0.3) is 5.95 Å². The zero-order valence-corrected chi connectivity index (χ0v) is 10.4. The van der Waals surface area contributed by atoms with Gasteiger partial charge in [-0.25, -0.2) is 10.8 Å². The fourth-order valence-electron chi connectivity index (χ4n) is 1.41. The van der Waals surface area contributed by atoms with Crippen LogP contribution in [0.3, 0.4) is 0 Å². The van der Waals surface area contributed by atoms with Crippen molar-refractivity contribution in [2.75, 3.05) is 12.0 Å². The van der Waals surface area contributed by atoms with E-state index in [0.29, 0.717) is 24.2 Å². The summed E-state index contributed by atoms with van der Waals surface area (Å²) in [7, 11) is 0. The molecule has 0 amide bonds. The molecular weight excluding hydrogens is 236 g/mol. The van der Waals surface area contributed by atoms with Gasteiger partial charge in [-0.1, -0.05) is 0 Å². The number of nitrogens with two attached hydrogens (primary N) is 1.